The summed E-state index contributed by atoms with van der Waals surface area (Å²) in [4.78, 5) is 7.08. The van der Waals surface area contributed by atoms with Crippen molar-refractivity contribution in [2.45, 2.75) is 45.9 Å². The van der Waals surface area contributed by atoms with E-state index in [-0.39, 0.29) is 42.1 Å². The Morgan fingerprint density at radius 1 is 1.19 bits per heavy atom. The van der Waals surface area contributed by atoms with Gasteiger partial charge in [0.15, 0.2) is 15.8 Å². The molecule has 2 rings (SSSR count). The highest BCUT2D eigenvalue weighted by Crippen LogP contribution is 2.20. The van der Waals surface area contributed by atoms with E-state index in [0.717, 1.165) is 31.3 Å². The molecule has 2 unspecified atom stereocenters. The number of rotatable bonds is 9. The van der Waals surface area contributed by atoms with Crippen LogP contribution in [0.2, 0.25) is 0 Å². The number of benzene rings is 1. The Morgan fingerprint density at radius 2 is 1.87 bits per heavy atom. The Kier molecular flexibility index (Phi) is 12.3. The summed E-state index contributed by atoms with van der Waals surface area (Å²) in [5, 5.41) is 6.54. The lowest BCUT2D eigenvalue weighted by Gasteiger charge is -2.35. The lowest BCUT2D eigenvalue weighted by Crippen LogP contribution is -2.41. The molecular formula is C22H38FIN4O2S. The normalized spacial score (nSPS) is 20.2. The molecule has 0 aromatic heterocycles. The molecule has 178 valence electrons. The first-order valence-electron chi connectivity index (χ1n) is 10.9. The van der Waals surface area contributed by atoms with E-state index in [1.165, 1.54) is 44.0 Å². The minimum Gasteiger partial charge on any atom is -0.357 e. The second kappa shape index (κ2) is 13.6. The molecule has 0 bridgehead atoms. The smallest absolute Gasteiger partial charge is 0.191 e. The highest BCUT2D eigenvalue weighted by Gasteiger charge is 2.21. The first-order chi connectivity index (χ1) is 14.2. The first kappa shape index (κ1) is 28.1. The molecule has 0 saturated carbocycles. The van der Waals surface area contributed by atoms with Crippen molar-refractivity contribution in [1.82, 2.24) is 15.5 Å². The number of hydrogen-bond acceptors (Lipinski definition) is 4. The van der Waals surface area contributed by atoms with Crippen molar-refractivity contribution in [3.8, 4) is 0 Å². The fourth-order valence-electron chi connectivity index (χ4n) is 4.16. The third kappa shape index (κ3) is 11.0. The minimum atomic E-state index is -3.20. The second-order valence-corrected chi connectivity index (χ2v) is 10.8. The van der Waals surface area contributed by atoms with Gasteiger partial charge < -0.3 is 15.5 Å². The average Bonchev–Trinajstić information content (AvgIpc) is 2.63. The molecule has 0 amide bonds. The lowest BCUT2D eigenvalue weighted by molar-refractivity contribution is 0.140. The summed E-state index contributed by atoms with van der Waals surface area (Å²) < 4.78 is 37.0. The Bertz CT molecular complexity index is 810. The average molecular weight is 569 g/mol. The number of halogens is 2. The van der Waals surface area contributed by atoms with Crippen molar-refractivity contribution in [2.75, 3.05) is 39.0 Å². The Labute approximate surface area is 204 Å². The maximum Gasteiger partial charge on any atom is 0.191 e. The number of aliphatic imine (C=N–C) groups is 1. The number of nitrogens with zero attached hydrogens (tertiary/aromatic N) is 2. The van der Waals surface area contributed by atoms with Crippen LogP contribution in [0.3, 0.4) is 0 Å². The van der Waals surface area contributed by atoms with Crippen molar-refractivity contribution >= 4 is 39.8 Å². The van der Waals surface area contributed by atoms with Gasteiger partial charge in [0.1, 0.15) is 5.82 Å². The van der Waals surface area contributed by atoms with Gasteiger partial charge in [-0.3, -0.25) is 0 Å². The molecule has 1 saturated heterocycles. The molecule has 1 fully saturated rings. The largest absolute Gasteiger partial charge is 0.357 e. The van der Waals surface area contributed by atoms with Crippen molar-refractivity contribution in [1.29, 1.82) is 0 Å². The zero-order chi connectivity index (χ0) is 22.1. The van der Waals surface area contributed by atoms with Gasteiger partial charge in [-0.15, -0.1) is 24.0 Å². The Balaban J connectivity index is 0.00000480. The van der Waals surface area contributed by atoms with Gasteiger partial charge in [0.2, 0.25) is 0 Å². The summed E-state index contributed by atoms with van der Waals surface area (Å²) in [6.07, 6.45) is 3.51. The van der Waals surface area contributed by atoms with Crippen molar-refractivity contribution in [3.05, 3.63) is 35.1 Å². The van der Waals surface area contributed by atoms with Crippen molar-refractivity contribution in [3.63, 3.8) is 0 Å². The molecule has 31 heavy (non-hydrogen) atoms. The van der Waals surface area contributed by atoms with E-state index < -0.39 is 9.84 Å². The highest BCUT2D eigenvalue weighted by molar-refractivity contribution is 14.0. The Hall–Kier alpha value is -0.940. The summed E-state index contributed by atoms with van der Waals surface area (Å²) in [5.74, 6) is 1.67. The van der Waals surface area contributed by atoms with Gasteiger partial charge in [-0.1, -0.05) is 19.9 Å². The van der Waals surface area contributed by atoms with E-state index >= 15 is 0 Å². The van der Waals surface area contributed by atoms with E-state index in [1.54, 1.807) is 0 Å². The Morgan fingerprint density at radius 3 is 2.48 bits per heavy atom. The van der Waals surface area contributed by atoms with Crippen LogP contribution in [0.1, 0.15) is 44.7 Å². The van der Waals surface area contributed by atoms with Gasteiger partial charge in [-0.05, 0) is 61.4 Å². The fourth-order valence-corrected chi connectivity index (χ4v) is 5.00. The summed E-state index contributed by atoms with van der Waals surface area (Å²) >= 11 is 0. The molecule has 1 aromatic rings. The maximum absolute atomic E-state index is 13.7. The van der Waals surface area contributed by atoms with E-state index in [9.17, 15) is 12.8 Å². The van der Waals surface area contributed by atoms with Gasteiger partial charge >= 0.3 is 0 Å². The van der Waals surface area contributed by atoms with Crippen LogP contribution in [0, 0.1) is 17.7 Å². The molecule has 0 radical (unpaired) electrons. The maximum atomic E-state index is 13.7. The monoisotopic (exact) mass is 568 g/mol. The van der Waals surface area contributed by atoms with Crippen LogP contribution in [0.5, 0.6) is 0 Å². The summed E-state index contributed by atoms with van der Waals surface area (Å²) in [5.41, 5.74) is 1.18. The molecule has 1 heterocycles. The first-order valence-corrected chi connectivity index (χ1v) is 12.9. The van der Waals surface area contributed by atoms with Gasteiger partial charge in [0.05, 0.1) is 12.3 Å². The number of hydrogen-bond donors (Lipinski definition) is 2. The molecular weight excluding hydrogens is 530 g/mol. The van der Waals surface area contributed by atoms with Crippen LogP contribution in [-0.2, 0) is 22.1 Å². The van der Waals surface area contributed by atoms with Crippen LogP contribution in [0.4, 0.5) is 4.39 Å². The quantitative estimate of drug-likeness (QED) is 0.207. The summed E-state index contributed by atoms with van der Waals surface area (Å²) in [6, 6.07) is 4.19. The third-order valence-corrected chi connectivity index (χ3v) is 6.06. The molecule has 0 spiro atoms. The third-order valence-electron chi connectivity index (χ3n) is 5.23. The molecule has 0 aliphatic carbocycles. The predicted molar refractivity (Wildman–Crippen MR) is 137 cm³/mol. The van der Waals surface area contributed by atoms with Crippen LogP contribution < -0.4 is 10.6 Å². The molecule has 9 heteroatoms. The fraction of sp³-hybridized carbons (Fsp3) is 0.682. The summed E-state index contributed by atoms with van der Waals surface area (Å²) in [7, 11) is -3.20. The zero-order valence-corrected chi connectivity index (χ0v) is 22.3. The predicted octanol–water partition coefficient (Wildman–Crippen LogP) is 3.41. The highest BCUT2D eigenvalue weighted by atomic mass is 127. The van der Waals surface area contributed by atoms with Gasteiger partial charge in [0, 0.05) is 32.4 Å². The van der Waals surface area contributed by atoms with Gasteiger partial charge in [-0.2, -0.15) is 0 Å². The number of guanidine groups is 1. The van der Waals surface area contributed by atoms with Crippen molar-refractivity contribution in [2.24, 2.45) is 16.8 Å². The number of nitrogens with one attached hydrogen (secondary N) is 2. The van der Waals surface area contributed by atoms with E-state index in [1.807, 2.05) is 6.92 Å². The van der Waals surface area contributed by atoms with Gasteiger partial charge in [-0.25, -0.2) is 17.8 Å². The van der Waals surface area contributed by atoms with Crippen LogP contribution in [0.25, 0.3) is 0 Å². The van der Waals surface area contributed by atoms with Crippen LogP contribution in [-0.4, -0.2) is 58.3 Å². The zero-order valence-electron chi connectivity index (χ0n) is 19.2. The van der Waals surface area contributed by atoms with Crippen LogP contribution in [0.15, 0.2) is 23.2 Å². The van der Waals surface area contributed by atoms with Crippen LogP contribution >= 0.6 is 24.0 Å². The molecule has 1 aromatic carbocycles. The van der Waals surface area contributed by atoms with E-state index in [0.29, 0.717) is 23.6 Å². The standard InChI is InChI=1S/C22H37FN4O2S.HI/c1-5-24-22(25-9-6-10-27-14-17(2)11-18(3)15-27)26-13-20-12-21(23)8-7-19(20)16-30(4,28)29;/h7-8,12,17-18H,5-6,9-11,13-16H2,1-4H3,(H2,24,25,26);1H. The van der Waals surface area contributed by atoms with E-state index in [4.69, 9.17) is 0 Å². The van der Waals surface area contributed by atoms with Crippen molar-refractivity contribution < 1.29 is 12.8 Å². The topological polar surface area (TPSA) is 73.8 Å². The molecule has 1 aliphatic rings. The number of likely N-dealkylation sites (tertiary alicyclic amines) is 1. The lowest BCUT2D eigenvalue weighted by atomic mass is 9.92. The van der Waals surface area contributed by atoms with E-state index in [2.05, 4.69) is 34.4 Å². The molecule has 1 aliphatic heterocycles. The number of sulfone groups is 1. The summed E-state index contributed by atoms with van der Waals surface area (Å²) in [6.45, 7) is 11.8. The minimum absolute atomic E-state index is 0. The molecule has 2 atom stereocenters. The number of piperidine rings is 1. The van der Waals surface area contributed by atoms with Gasteiger partial charge in [0.25, 0.3) is 0 Å². The SMILES string of the molecule is CCNC(=NCc1cc(F)ccc1CS(C)(=O)=O)NCCCN1CC(C)CC(C)C1.I. The second-order valence-electron chi connectivity index (χ2n) is 8.66. The molecule has 2 N–H and O–H groups in total. The molecule has 6 nitrogen and oxygen atoms in total.